The van der Waals surface area contributed by atoms with E-state index in [4.69, 9.17) is 16.3 Å². The van der Waals surface area contributed by atoms with E-state index in [1.807, 2.05) is 31.2 Å². The summed E-state index contributed by atoms with van der Waals surface area (Å²) in [5.41, 5.74) is 0.779. The molecule has 5 nitrogen and oxygen atoms in total. The van der Waals surface area contributed by atoms with Crippen molar-refractivity contribution in [3.05, 3.63) is 64.2 Å². The molecule has 2 aromatic rings. The van der Waals surface area contributed by atoms with E-state index in [0.717, 1.165) is 29.3 Å². The van der Waals surface area contributed by atoms with Crippen molar-refractivity contribution in [2.45, 2.75) is 13.1 Å². The van der Waals surface area contributed by atoms with Crippen molar-refractivity contribution in [3.63, 3.8) is 0 Å². The molecule has 1 aliphatic heterocycles. The zero-order valence-electron chi connectivity index (χ0n) is 14.4. The summed E-state index contributed by atoms with van der Waals surface area (Å²) >= 11 is 6.53. The van der Waals surface area contributed by atoms with Gasteiger partial charge in [-0.1, -0.05) is 29.3 Å². The SMILES string of the molecule is Cc1ccc(C2=NN=C(SC(=O)Nc3cc(C(F)(F)F)ccc3Cl)CO2)cc1. The lowest BCUT2D eigenvalue weighted by Gasteiger charge is -2.14. The standard InChI is InChI=1S/C18H13ClF3N3O2S/c1-10-2-4-11(5-3-10)16-25-24-15(9-27-16)28-17(26)23-14-8-12(18(20,21)22)6-7-13(14)19/h2-8H,9H2,1H3,(H,23,26). The zero-order valence-corrected chi connectivity index (χ0v) is 16.0. The van der Waals surface area contributed by atoms with Gasteiger partial charge in [0.15, 0.2) is 0 Å². The first-order valence-corrected chi connectivity index (χ1v) is 9.12. The van der Waals surface area contributed by atoms with Crippen molar-refractivity contribution >= 4 is 45.2 Å². The molecule has 1 heterocycles. The Morgan fingerprint density at radius 2 is 1.89 bits per heavy atom. The number of alkyl halides is 3. The van der Waals surface area contributed by atoms with Crippen LogP contribution in [0.25, 0.3) is 0 Å². The number of carbonyl (C=O) groups is 1. The van der Waals surface area contributed by atoms with Gasteiger partial charge in [0.2, 0.25) is 5.90 Å². The molecule has 0 spiro atoms. The molecule has 0 saturated carbocycles. The van der Waals surface area contributed by atoms with Crippen molar-refractivity contribution in [1.29, 1.82) is 0 Å². The summed E-state index contributed by atoms with van der Waals surface area (Å²) in [7, 11) is 0. The summed E-state index contributed by atoms with van der Waals surface area (Å²) < 4.78 is 43.9. The first kappa shape index (κ1) is 20.2. The number of nitrogens with zero attached hydrogens (tertiary/aromatic N) is 2. The van der Waals surface area contributed by atoms with Crippen LogP contribution in [-0.4, -0.2) is 22.8 Å². The number of ether oxygens (including phenoxy) is 1. The Kier molecular flexibility index (Phi) is 5.95. The molecule has 0 atom stereocenters. The van der Waals surface area contributed by atoms with Gasteiger partial charge in [-0.2, -0.15) is 13.2 Å². The third-order valence-electron chi connectivity index (χ3n) is 3.62. The average Bonchev–Trinajstić information content (AvgIpc) is 2.64. The Bertz CT molecular complexity index is 960. The molecule has 1 aliphatic rings. The third-order valence-corrected chi connectivity index (χ3v) is 4.68. The highest BCUT2D eigenvalue weighted by Crippen LogP contribution is 2.34. The fraction of sp³-hybridized carbons (Fsp3) is 0.167. The molecule has 28 heavy (non-hydrogen) atoms. The Hall–Kier alpha value is -2.52. The molecule has 3 rings (SSSR count). The van der Waals surface area contributed by atoms with Crippen LogP contribution in [0.4, 0.5) is 23.7 Å². The number of thioether (sulfide) groups is 1. The van der Waals surface area contributed by atoms with Crippen LogP contribution >= 0.6 is 23.4 Å². The number of anilines is 1. The van der Waals surface area contributed by atoms with E-state index in [0.29, 0.717) is 17.7 Å². The second-order valence-corrected chi connectivity index (χ2v) is 7.21. The Morgan fingerprint density at radius 3 is 2.50 bits per heavy atom. The van der Waals surface area contributed by atoms with Crippen molar-refractivity contribution in [2.24, 2.45) is 10.2 Å². The summed E-state index contributed by atoms with van der Waals surface area (Å²) in [5.74, 6) is 0.325. The van der Waals surface area contributed by atoms with E-state index in [2.05, 4.69) is 15.5 Å². The average molecular weight is 428 g/mol. The van der Waals surface area contributed by atoms with E-state index >= 15 is 0 Å². The van der Waals surface area contributed by atoms with Crippen molar-refractivity contribution < 1.29 is 22.7 Å². The number of amides is 1. The van der Waals surface area contributed by atoms with Crippen LogP contribution in [0.3, 0.4) is 0 Å². The van der Waals surface area contributed by atoms with Gasteiger partial charge >= 0.3 is 6.18 Å². The summed E-state index contributed by atoms with van der Waals surface area (Å²) in [4.78, 5) is 12.1. The predicted molar refractivity (Wildman–Crippen MR) is 104 cm³/mol. The van der Waals surface area contributed by atoms with E-state index < -0.39 is 17.0 Å². The van der Waals surface area contributed by atoms with Crippen LogP contribution < -0.4 is 5.32 Å². The predicted octanol–water partition coefficient (Wildman–Crippen LogP) is 5.72. The van der Waals surface area contributed by atoms with Gasteiger partial charge in [-0.25, -0.2) is 0 Å². The van der Waals surface area contributed by atoms with E-state index in [9.17, 15) is 18.0 Å². The fourth-order valence-electron chi connectivity index (χ4n) is 2.22. The quantitative estimate of drug-likeness (QED) is 0.666. The maximum absolute atomic E-state index is 12.8. The summed E-state index contributed by atoms with van der Waals surface area (Å²) in [6, 6.07) is 10.2. The molecule has 10 heteroatoms. The molecule has 0 unspecified atom stereocenters. The molecule has 0 radical (unpaired) electrons. The second kappa shape index (κ2) is 8.24. The fourth-order valence-corrected chi connectivity index (χ4v) is 2.96. The largest absolute Gasteiger partial charge is 0.469 e. The molecule has 1 amide bonds. The molecule has 0 aliphatic carbocycles. The maximum atomic E-state index is 12.8. The van der Waals surface area contributed by atoms with E-state index in [1.165, 1.54) is 0 Å². The van der Waals surface area contributed by atoms with Gasteiger partial charge in [0, 0.05) is 5.56 Å². The number of hydrogen-bond donors (Lipinski definition) is 1. The summed E-state index contributed by atoms with van der Waals surface area (Å²) in [6.45, 7) is 1.97. The molecular formula is C18H13ClF3N3O2S. The minimum atomic E-state index is -4.54. The molecule has 0 bridgehead atoms. The first-order chi connectivity index (χ1) is 13.2. The summed E-state index contributed by atoms with van der Waals surface area (Å²) in [6.07, 6.45) is -4.54. The number of nitrogens with one attached hydrogen (secondary N) is 1. The van der Waals surface area contributed by atoms with Gasteiger partial charge in [0.25, 0.3) is 5.24 Å². The Labute approximate surface area is 167 Å². The van der Waals surface area contributed by atoms with Gasteiger partial charge in [0.05, 0.1) is 16.3 Å². The summed E-state index contributed by atoms with van der Waals surface area (Å²) in [5, 5.41) is 9.80. The van der Waals surface area contributed by atoms with Crippen LogP contribution in [-0.2, 0) is 10.9 Å². The van der Waals surface area contributed by atoms with Crippen molar-refractivity contribution in [2.75, 3.05) is 11.9 Å². The molecule has 1 N–H and O–H groups in total. The number of benzene rings is 2. The smallest absolute Gasteiger partial charge is 0.416 e. The number of aryl methyl sites for hydroxylation is 1. The maximum Gasteiger partial charge on any atom is 0.416 e. The third kappa shape index (κ3) is 5.05. The number of halogens is 4. The van der Waals surface area contributed by atoms with Gasteiger partial charge < -0.3 is 10.1 Å². The van der Waals surface area contributed by atoms with Crippen molar-refractivity contribution in [1.82, 2.24) is 0 Å². The number of carbonyl (C=O) groups excluding carboxylic acids is 1. The van der Waals surface area contributed by atoms with Crippen LogP contribution in [0.5, 0.6) is 0 Å². The van der Waals surface area contributed by atoms with Gasteiger partial charge in [0.1, 0.15) is 11.7 Å². The minimum Gasteiger partial charge on any atom is -0.469 e. The topological polar surface area (TPSA) is 63.0 Å². The number of rotatable bonds is 2. The van der Waals surface area contributed by atoms with E-state index in [1.54, 1.807) is 0 Å². The Balaban J connectivity index is 1.67. The molecule has 0 saturated heterocycles. The highest BCUT2D eigenvalue weighted by Gasteiger charge is 2.31. The molecule has 2 aromatic carbocycles. The van der Waals surface area contributed by atoms with Crippen molar-refractivity contribution in [3.8, 4) is 0 Å². The lowest BCUT2D eigenvalue weighted by atomic mass is 10.1. The Morgan fingerprint density at radius 1 is 1.18 bits per heavy atom. The van der Waals surface area contributed by atoms with Crippen LogP contribution in [0, 0.1) is 6.92 Å². The molecule has 0 fully saturated rings. The highest BCUT2D eigenvalue weighted by atomic mass is 35.5. The second-order valence-electron chi connectivity index (χ2n) is 5.76. The van der Waals surface area contributed by atoms with Crippen LogP contribution in [0.2, 0.25) is 5.02 Å². The molecular weight excluding hydrogens is 415 g/mol. The van der Waals surface area contributed by atoms with Gasteiger partial charge in [-0.15, -0.1) is 10.2 Å². The van der Waals surface area contributed by atoms with Gasteiger partial charge in [-0.05, 0) is 49.0 Å². The normalized spacial score (nSPS) is 14.0. The first-order valence-electron chi connectivity index (χ1n) is 7.92. The lowest BCUT2D eigenvalue weighted by molar-refractivity contribution is -0.137. The lowest BCUT2D eigenvalue weighted by Crippen LogP contribution is -2.19. The van der Waals surface area contributed by atoms with Gasteiger partial charge in [-0.3, -0.25) is 4.79 Å². The van der Waals surface area contributed by atoms with Crippen LogP contribution in [0.15, 0.2) is 52.7 Å². The molecule has 146 valence electrons. The van der Waals surface area contributed by atoms with E-state index in [-0.39, 0.29) is 22.4 Å². The minimum absolute atomic E-state index is 0.0107. The highest BCUT2D eigenvalue weighted by molar-refractivity contribution is 8.26. The monoisotopic (exact) mass is 427 g/mol. The van der Waals surface area contributed by atoms with Crippen LogP contribution in [0.1, 0.15) is 16.7 Å². The number of hydrogen-bond acceptors (Lipinski definition) is 5. The zero-order chi connectivity index (χ0) is 20.3. The molecule has 0 aromatic heterocycles.